The summed E-state index contributed by atoms with van der Waals surface area (Å²) in [5.74, 6) is 0.0304. The molecule has 3 rings (SSSR count). The maximum Gasteiger partial charge on any atom is 0.409 e. The summed E-state index contributed by atoms with van der Waals surface area (Å²) in [5, 5.41) is 5.55. The number of benzene rings is 1. The standard InChI is InChI=1S/C15H17N3O5/c1-22-15(21)18-5-4-10(7-18)16-14(20)9-2-3-12-11(6-9)17-13(19)8-23-12/h2-3,6,10H,4-5,7-8H2,1H3,(H,16,20)(H,17,19). The Bertz CT molecular complexity index is 661. The maximum atomic E-state index is 12.3. The van der Waals surface area contributed by atoms with Crippen molar-refractivity contribution in [1.82, 2.24) is 10.2 Å². The topological polar surface area (TPSA) is 97.0 Å². The van der Waals surface area contributed by atoms with Gasteiger partial charge in [0.25, 0.3) is 11.8 Å². The van der Waals surface area contributed by atoms with E-state index in [2.05, 4.69) is 15.4 Å². The molecule has 0 aromatic heterocycles. The number of fused-ring (bicyclic) bond motifs is 1. The monoisotopic (exact) mass is 319 g/mol. The predicted molar refractivity (Wildman–Crippen MR) is 80.4 cm³/mol. The molecule has 0 spiro atoms. The van der Waals surface area contributed by atoms with Crippen LogP contribution in [0.15, 0.2) is 18.2 Å². The van der Waals surface area contributed by atoms with Gasteiger partial charge in [-0.25, -0.2) is 4.79 Å². The van der Waals surface area contributed by atoms with Gasteiger partial charge >= 0.3 is 6.09 Å². The minimum atomic E-state index is -0.393. The lowest BCUT2D eigenvalue weighted by Gasteiger charge is -2.19. The van der Waals surface area contributed by atoms with Crippen molar-refractivity contribution >= 4 is 23.6 Å². The van der Waals surface area contributed by atoms with Crippen molar-refractivity contribution in [3.8, 4) is 5.75 Å². The molecule has 2 heterocycles. The first-order valence-corrected chi connectivity index (χ1v) is 7.27. The molecule has 23 heavy (non-hydrogen) atoms. The Labute approximate surface area is 132 Å². The molecule has 122 valence electrons. The van der Waals surface area contributed by atoms with Gasteiger partial charge in [-0.1, -0.05) is 0 Å². The second kappa shape index (κ2) is 6.15. The number of nitrogens with zero attached hydrogens (tertiary/aromatic N) is 1. The highest BCUT2D eigenvalue weighted by Crippen LogP contribution is 2.28. The molecule has 2 N–H and O–H groups in total. The molecular weight excluding hydrogens is 302 g/mol. The summed E-state index contributed by atoms with van der Waals surface area (Å²) >= 11 is 0. The average molecular weight is 319 g/mol. The number of carbonyl (C=O) groups is 3. The quantitative estimate of drug-likeness (QED) is 0.831. The number of nitrogens with one attached hydrogen (secondary N) is 2. The lowest BCUT2D eigenvalue weighted by Crippen LogP contribution is -2.38. The molecule has 1 aromatic rings. The molecule has 2 aliphatic heterocycles. The Morgan fingerprint density at radius 2 is 2.26 bits per heavy atom. The van der Waals surface area contributed by atoms with E-state index in [-0.39, 0.29) is 24.5 Å². The summed E-state index contributed by atoms with van der Waals surface area (Å²) in [6.07, 6.45) is 0.279. The van der Waals surface area contributed by atoms with Crippen molar-refractivity contribution < 1.29 is 23.9 Å². The van der Waals surface area contributed by atoms with Gasteiger partial charge in [-0.3, -0.25) is 9.59 Å². The number of rotatable bonds is 2. The first-order chi connectivity index (χ1) is 11.1. The molecule has 1 saturated heterocycles. The number of likely N-dealkylation sites (tertiary alicyclic amines) is 1. The molecule has 0 radical (unpaired) electrons. The zero-order chi connectivity index (χ0) is 16.4. The van der Waals surface area contributed by atoms with Gasteiger partial charge in [0.05, 0.1) is 12.8 Å². The van der Waals surface area contributed by atoms with Crippen molar-refractivity contribution in [3.05, 3.63) is 23.8 Å². The smallest absolute Gasteiger partial charge is 0.409 e. The van der Waals surface area contributed by atoms with Crippen molar-refractivity contribution in [2.45, 2.75) is 12.5 Å². The molecule has 1 aromatic carbocycles. The fourth-order valence-electron chi connectivity index (χ4n) is 2.67. The Morgan fingerprint density at radius 3 is 3.04 bits per heavy atom. The first kappa shape index (κ1) is 15.1. The van der Waals surface area contributed by atoms with E-state index in [0.29, 0.717) is 36.5 Å². The lowest BCUT2D eigenvalue weighted by atomic mass is 10.1. The van der Waals surface area contributed by atoms with Gasteiger partial charge < -0.3 is 25.0 Å². The summed E-state index contributed by atoms with van der Waals surface area (Å²) in [5.41, 5.74) is 0.905. The molecule has 8 nitrogen and oxygen atoms in total. The number of carbonyl (C=O) groups excluding carboxylic acids is 3. The third-order valence-corrected chi connectivity index (χ3v) is 3.83. The van der Waals surface area contributed by atoms with Crippen LogP contribution < -0.4 is 15.4 Å². The summed E-state index contributed by atoms with van der Waals surface area (Å²) in [4.78, 5) is 36.6. The molecular formula is C15H17N3O5. The molecule has 0 saturated carbocycles. The van der Waals surface area contributed by atoms with Crippen LogP contribution in [0, 0.1) is 0 Å². The predicted octanol–water partition coefficient (Wildman–Crippen LogP) is 0.588. The average Bonchev–Trinajstić information content (AvgIpc) is 3.01. The number of ether oxygens (including phenoxy) is 2. The molecule has 1 atom stereocenters. The van der Waals surface area contributed by atoms with Crippen LogP contribution in [0.5, 0.6) is 5.75 Å². The van der Waals surface area contributed by atoms with E-state index in [4.69, 9.17) is 4.74 Å². The number of hydrogen-bond donors (Lipinski definition) is 2. The van der Waals surface area contributed by atoms with E-state index in [1.807, 2.05) is 0 Å². The summed E-state index contributed by atoms with van der Waals surface area (Å²) < 4.78 is 9.92. The minimum absolute atomic E-state index is 0.0238. The highest BCUT2D eigenvalue weighted by molar-refractivity contribution is 6.00. The fraction of sp³-hybridized carbons (Fsp3) is 0.400. The molecule has 0 aliphatic carbocycles. The van der Waals surface area contributed by atoms with Gasteiger partial charge in [0.2, 0.25) is 0 Å². The normalized spacial score (nSPS) is 19.4. The van der Waals surface area contributed by atoms with Crippen LogP contribution >= 0.6 is 0 Å². The van der Waals surface area contributed by atoms with Gasteiger partial charge in [0.15, 0.2) is 6.61 Å². The van der Waals surface area contributed by atoms with Gasteiger partial charge in [0, 0.05) is 24.7 Å². The maximum absolute atomic E-state index is 12.3. The van der Waals surface area contributed by atoms with Crippen molar-refractivity contribution in [3.63, 3.8) is 0 Å². The molecule has 3 amide bonds. The van der Waals surface area contributed by atoms with Crippen molar-refractivity contribution in [2.24, 2.45) is 0 Å². The van der Waals surface area contributed by atoms with Crippen LogP contribution in [0.3, 0.4) is 0 Å². The van der Waals surface area contributed by atoms with Crippen LogP contribution in [0.1, 0.15) is 16.8 Å². The number of anilines is 1. The summed E-state index contributed by atoms with van der Waals surface area (Å²) in [6.45, 7) is 0.943. The SMILES string of the molecule is COC(=O)N1CCC(NC(=O)c2ccc3c(c2)NC(=O)CO3)C1. The van der Waals surface area contributed by atoms with Gasteiger partial charge in [0.1, 0.15) is 5.75 Å². The second-order valence-corrected chi connectivity index (χ2v) is 5.42. The van der Waals surface area contributed by atoms with E-state index in [1.165, 1.54) is 7.11 Å². The van der Waals surface area contributed by atoms with E-state index in [1.54, 1.807) is 23.1 Å². The Hall–Kier alpha value is -2.77. The largest absolute Gasteiger partial charge is 0.482 e. The third kappa shape index (κ3) is 3.20. The Balaban J connectivity index is 1.64. The molecule has 1 unspecified atom stereocenters. The molecule has 2 aliphatic rings. The third-order valence-electron chi connectivity index (χ3n) is 3.83. The van der Waals surface area contributed by atoms with Crippen LogP contribution in [-0.2, 0) is 9.53 Å². The Morgan fingerprint density at radius 1 is 1.43 bits per heavy atom. The van der Waals surface area contributed by atoms with Crippen LogP contribution in [0.2, 0.25) is 0 Å². The van der Waals surface area contributed by atoms with Crippen molar-refractivity contribution in [2.75, 3.05) is 32.1 Å². The number of hydrogen-bond acceptors (Lipinski definition) is 5. The lowest BCUT2D eigenvalue weighted by molar-refractivity contribution is -0.118. The number of amides is 3. The van der Waals surface area contributed by atoms with Gasteiger partial charge in [-0.15, -0.1) is 0 Å². The zero-order valence-electron chi connectivity index (χ0n) is 12.6. The Kier molecular flexibility index (Phi) is 4.05. The fourth-order valence-corrected chi connectivity index (χ4v) is 2.67. The molecule has 0 bridgehead atoms. The summed E-state index contributed by atoms with van der Waals surface area (Å²) in [7, 11) is 1.33. The van der Waals surface area contributed by atoms with Crippen molar-refractivity contribution in [1.29, 1.82) is 0 Å². The molecule has 1 fully saturated rings. The highest BCUT2D eigenvalue weighted by atomic mass is 16.5. The number of methoxy groups -OCH3 is 1. The summed E-state index contributed by atoms with van der Waals surface area (Å²) in [6, 6.07) is 4.75. The zero-order valence-corrected chi connectivity index (χ0v) is 12.6. The second-order valence-electron chi connectivity index (χ2n) is 5.42. The van der Waals surface area contributed by atoms with Crippen LogP contribution in [0.4, 0.5) is 10.5 Å². The van der Waals surface area contributed by atoms with Gasteiger partial charge in [-0.05, 0) is 24.6 Å². The van der Waals surface area contributed by atoms with E-state index >= 15 is 0 Å². The van der Waals surface area contributed by atoms with Crippen LogP contribution in [0.25, 0.3) is 0 Å². The van der Waals surface area contributed by atoms with E-state index < -0.39 is 6.09 Å². The van der Waals surface area contributed by atoms with Gasteiger partial charge in [-0.2, -0.15) is 0 Å². The van der Waals surface area contributed by atoms with E-state index in [0.717, 1.165) is 0 Å². The minimum Gasteiger partial charge on any atom is -0.482 e. The highest BCUT2D eigenvalue weighted by Gasteiger charge is 2.28. The van der Waals surface area contributed by atoms with Crippen LogP contribution in [-0.4, -0.2) is 55.7 Å². The molecule has 8 heteroatoms. The first-order valence-electron chi connectivity index (χ1n) is 7.27. The van der Waals surface area contributed by atoms with E-state index in [9.17, 15) is 14.4 Å².